The molecule has 1 aliphatic carbocycles. The maximum atomic E-state index is 12.3. The molecule has 2 atom stereocenters. The molecule has 0 saturated heterocycles. The number of benzene rings is 1. The number of hydrogen-bond donors (Lipinski definition) is 1. The zero-order valence-corrected chi connectivity index (χ0v) is 12.0. The minimum Gasteiger partial charge on any atom is -0.208 e. The van der Waals surface area contributed by atoms with Gasteiger partial charge in [0, 0.05) is 11.9 Å². The molecular formula is C13H18ClNO2S. The summed E-state index contributed by atoms with van der Waals surface area (Å²) in [6.45, 7) is 1.81. The van der Waals surface area contributed by atoms with Crippen LogP contribution in [0.3, 0.4) is 0 Å². The molecule has 0 heterocycles. The first-order valence-electron chi connectivity index (χ1n) is 6.18. The Hall–Kier alpha value is -0.580. The highest BCUT2D eigenvalue weighted by Crippen LogP contribution is 2.28. The third-order valence-corrected chi connectivity index (χ3v) is 5.59. The summed E-state index contributed by atoms with van der Waals surface area (Å²) in [5, 5.41) is 0. The minimum atomic E-state index is -3.43. The highest BCUT2D eigenvalue weighted by molar-refractivity contribution is 7.89. The van der Waals surface area contributed by atoms with Gasteiger partial charge in [-0.3, -0.25) is 0 Å². The normalized spacial score (nSPS) is 24.3. The summed E-state index contributed by atoms with van der Waals surface area (Å²) in [5.41, 5.74) is 0.769. The van der Waals surface area contributed by atoms with Crippen LogP contribution in [0, 0.1) is 12.8 Å². The standard InChI is InChI=1S/C13H18ClNO2S/c1-10-5-2-3-8-13(10)18(16,17)15-12-7-4-6-11(12)9-14/h2-3,5,8,11-12,15H,4,6-7,9H2,1H3. The van der Waals surface area contributed by atoms with Crippen molar-refractivity contribution in [3.8, 4) is 0 Å². The lowest BCUT2D eigenvalue weighted by atomic mass is 10.1. The smallest absolute Gasteiger partial charge is 0.208 e. The van der Waals surface area contributed by atoms with Crippen LogP contribution in [0.1, 0.15) is 24.8 Å². The van der Waals surface area contributed by atoms with Gasteiger partial charge in [-0.15, -0.1) is 11.6 Å². The number of aryl methyl sites for hydroxylation is 1. The van der Waals surface area contributed by atoms with Gasteiger partial charge < -0.3 is 0 Å². The monoisotopic (exact) mass is 287 g/mol. The first-order chi connectivity index (χ1) is 8.54. The lowest BCUT2D eigenvalue weighted by Gasteiger charge is -2.19. The van der Waals surface area contributed by atoms with Crippen LogP contribution >= 0.6 is 11.6 Å². The Morgan fingerprint density at radius 3 is 2.72 bits per heavy atom. The van der Waals surface area contributed by atoms with Gasteiger partial charge in [0.05, 0.1) is 4.90 Å². The van der Waals surface area contributed by atoms with Crippen molar-refractivity contribution in [2.75, 3.05) is 5.88 Å². The average Bonchev–Trinajstić information content (AvgIpc) is 2.76. The average molecular weight is 288 g/mol. The summed E-state index contributed by atoms with van der Waals surface area (Å²) in [7, 11) is -3.43. The Kier molecular flexibility index (Phi) is 4.30. The predicted octanol–water partition coefficient (Wildman–Crippen LogP) is 2.68. The van der Waals surface area contributed by atoms with E-state index in [0.29, 0.717) is 10.8 Å². The van der Waals surface area contributed by atoms with Gasteiger partial charge in [-0.25, -0.2) is 13.1 Å². The van der Waals surface area contributed by atoms with Crippen molar-refractivity contribution in [1.82, 2.24) is 4.72 Å². The maximum Gasteiger partial charge on any atom is 0.241 e. The second-order valence-corrected chi connectivity index (χ2v) is 6.83. The van der Waals surface area contributed by atoms with Crippen LogP contribution < -0.4 is 4.72 Å². The molecule has 0 radical (unpaired) electrons. The van der Waals surface area contributed by atoms with Crippen LogP contribution in [-0.2, 0) is 10.0 Å². The SMILES string of the molecule is Cc1ccccc1S(=O)(=O)NC1CCCC1CCl. The molecule has 2 rings (SSSR count). The number of nitrogens with one attached hydrogen (secondary N) is 1. The van der Waals surface area contributed by atoms with E-state index < -0.39 is 10.0 Å². The fourth-order valence-electron chi connectivity index (χ4n) is 2.50. The lowest BCUT2D eigenvalue weighted by molar-refractivity contribution is 0.480. The van der Waals surface area contributed by atoms with Gasteiger partial charge in [-0.2, -0.15) is 0 Å². The van der Waals surface area contributed by atoms with E-state index >= 15 is 0 Å². The van der Waals surface area contributed by atoms with E-state index in [9.17, 15) is 8.42 Å². The third kappa shape index (κ3) is 2.87. The van der Waals surface area contributed by atoms with Crippen molar-refractivity contribution in [3.63, 3.8) is 0 Å². The Morgan fingerprint density at radius 1 is 1.33 bits per heavy atom. The Morgan fingerprint density at radius 2 is 2.06 bits per heavy atom. The highest BCUT2D eigenvalue weighted by atomic mass is 35.5. The Labute approximate surface area is 114 Å². The molecule has 0 bridgehead atoms. The molecule has 18 heavy (non-hydrogen) atoms. The van der Waals surface area contributed by atoms with Gasteiger partial charge in [0.25, 0.3) is 0 Å². The van der Waals surface area contributed by atoms with Gasteiger partial charge in [0.15, 0.2) is 0 Å². The van der Waals surface area contributed by atoms with E-state index in [1.807, 2.05) is 19.1 Å². The topological polar surface area (TPSA) is 46.2 Å². The van der Waals surface area contributed by atoms with Crippen LogP contribution in [-0.4, -0.2) is 20.3 Å². The number of hydrogen-bond acceptors (Lipinski definition) is 2. The van der Waals surface area contributed by atoms with Crippen molar-refractivity contribution < 1.29 is 8.42 Å². The highest BCUT2D eigenvalue weighted by Gasteiger charge is 2.30. The van der Waals surface area contributed by atoms with Crippen LogP contribution in [0.4, 0.5) is 0 Å². The zero-order chi connectivity index (χ0) is 13.2. The molecule has 0 spiro atoms. The number of rotatable bonds is 4. The van der Waals surface area contributed by atoms with Gasteiger partial charge in [0.1, 0.15) is 0 Å². The van der Waals surface area contributed by atoms with Gasteiger partial charge in [0.2, 0.25) is 10.0 Å². The van der Waals surface area contributed by atoms with Crippen molar-refractivity contribution >= 4 is 21.6 Å². The maximum absolute atomic E-state index is 12.3. The van der Waals surface area contributed by atoms with Crippen LogP contribution in [0.25, 0.3) is 0 Å². The molecule has 1 fully saturated rings. The number of alkyl halides is 1. The molecule has 0 aromatic heterocycles. The van der Waals surface area contributed by atoms with Crippen LogP contribution in [0.5, 0.6) is 0 Å². The van der Waals surface area contributed by atoms with Crippen molar-refractivity contribution in [2.45, 2.75) is 37.1 Å². The van der Waals surface area contributed by atoms with Crippen molar-refractivity contribution in [2.24, 2.45) is 5.92 Å². The van der Waals surface area contributed by atoms with Gasteiger partial charge >= 0.3 is 0 Å². The molecule has 1 N–H and O–H groups in total. The zero-order valence-electron chi connectivity index (χ0n) is 10.4. The summed E-state index contributed by atoms with van der Waals surface area (Å²) >= 11 is 5.87. The largest absolute Gasteiger partial charge is 0.241 e. The van der Waals surface area contributed by atoms with Crippen molar-refractivity contribution in [1.29, 1.82) is 0 Å². The van der Waals surface area contributed by atoms with E-state index in [4.69, 9.17) is 11.6 Å². The summed E-state index contributed by atoms with van der Waals surface area (Å²) in [4.78, 5) is 0.366. The molecule has 100 valence electrons. The van der Waals surface area contributed by atoms with Crippen LogP contribution in [0.2, 0.25) is 0 Å². The number of halogens is 1. The summed E-state index contributed by atoms with van der Waals surface area (Å²) in [6, 6.07) is 7.01. The molecule has 0 aliphatic heterocycles. The van der Waals surface area contributed by atoms with E-state index in [-0.39, 0.29) is 12.0 Å². The summed E-state index contributed by atoms with van der Waals surface area (Å²) < 4.78 is 27.4. The molecule has 1 aliphatic rings. The van der Waals surface area contributed by atoms with Crippen molar-refractivity contribution in [3.05, 3.63) is 29.8 Å². The fraction of sp³-hybridized carbons (Fsp3) is 0.538. The second-order valence-electron chi connectivity index (χ2n) is 4.84. The van der Waals surface area contributed by atoms with Gasteiger partial charge in [-0.1, -0.05) is 24.6 Å². The van der Waals surface area contributed by atoms with E-state index in [0.717, 1.165) is 24.8 Å². The molecule has 1 saturated carbocycles. The summed E-state index contributed by atoms with van der Waals surface area (Å²) in [6.07, 6.45) is 2.92. The quantitative estimate of drug-likeness (QED) is 0.866. The molecule has 1 aromatic rings. The molecular weight excluding hydrogens is 270 g/mol. The third-order valence-electron chi connectivity index (χ3n) is 3.55. The Balaban J connectivity index is 2.20. The lowest BCUT2D eigenvalue weighted by Crippen LogP contribution is -2.38. The molecule has 1 aromatic carbocycles. The second kappa shape index (κ2) is 5.59. The summed E-state index contributed by atoms with van der Waals surface area (Å²) in [5.74, 6) is 0.770. The minimum absolute atomic E-state index is 0.0212. The first-order valence-corrected chi connectivity index (χ1v) is 8.20. The van der Waals surface area contributed by atoms with Crippen LogP contribution in [0.15, 0.2) is 29.2 Å². The Bertz CT molecular complexity index is 515. The van der Waals surface area contributed by atoms with E-state index in [2.05, 4.69) is 4.72 Å². The first kappa shape index (κ1) is 13.8. The van der Waals surface area contributed by atoms with E-state index in [1.54, 1.807) is 12.1 Å². The van der Waals surface area contributed by atoms with E-state index in [1.165, 1.54) is 0 Å². The predicted molar refractivity (Wildman–Crippen MR) is 73.3 cm³/mol. The molecule has 0 amide bonds. The van der Waals surface area contributed by atoms with Gasteiger partial charge in [-0.05, 0) is 37.3 Å². The fourth-order valence-corrected chi connectivity index (χ4v) is 4.45. The number of sulfonamides is 1. The molecule has 3 nitrogen and oxygen atoms in total. The molecule has 2 unspecified atom stereocenters. The molecule has 5 heteroatoms.